The number of halogens is 1. The molecule has 1 aromatic rings. The molecule has 1 aliphatic heterocycles. The molecule has 2 rings (SSSR count). The van der Waals surface area contributed by atoms with Gasteiger partial charge in [0.1, 0.15) is 0 Å². The molecule has 0 spiro atoms. The van der Waals surface area contributed by atoms with Gasteiger partial charge in [-0.15, -0.1) is 0 Å². The lowest BCUT2D eigenvalue weighted by Crippen LogP contribution is -2.18. The molecular weight excluding hydrogens is 308 g/mol. The van der Waals surface area contributed by atoms with Crippen LogP contribution in [0.1, 0.15) is 25.7 Å². The molecule has 0 aliphatic carbocycles. The molecule has 6 heteroatoms. The lowest BCUT2D eigenvalue weighted by molar-refractivity contribution is -0.116. The summed E-state index contributed by atoms with van der Waals surface area (Å²) in [5, 5.41) is 4.03. The van der Waals surface area contributed by atoms with Gasteiger partial charge in [0.05, 0.1) is 10.7 Å². The van der Waals surface area contributed by atoms with Crippen LogP contribution in [0.3, 0.4) is 0 Å². The van der Waals surface area contributed by atoms with E-state index in [0.717, 1.165) is 38.2 Å². The monoisotopic (exact) mass is 328 g/mol. The highest BCUT2D eigenvalue weighted by atomic mass is 35.5. The van der Waals surface area contributed by atoms with E-state index in [1.54, 1.807) is 18.2 Å². The molecule has 116 valence electrons. The van der Waals surface area contributed by atoms with Gasteiger partial charge in [0.2, 0.25) is 5.91 Å². The first-order chi connectivity index (χ1) is 10.1. The van der Waals surface area contributed by atoms with Crippen molar-refractivity contribution in [1.82, 2.24) is 0 Å². The Morgan fingerprint density at radius 3 is 2.90 bits per heavy atom. The van der Waals surface area contributed by atoms with Crippen LogP contribution in [-0.2, 0) is 9.53 Å². The Balaban J connectivity index is 1.63. The van der Waals surface area contributed by atoms with Crippen molar-refractivity contribution in [3.8, 4) is 0 Å². The van der Waals surface area contributed by atoms with E-state index < -0.39 is 0 Å². The number of thioether (sulfide) groups is 1. The number of hydrogen-bond donors (Lipinski definition) is 2. The molecule has 1 aromatic carbocycles. The Morgan fingerprint density at radius 2 is 2.19 bits per heavy atom. The summed E-state index contributed by atoms with van der Waals surface area (Å²) in [7, 11) is 0. The number of hydrogen-bond acceptors (Lipinski definition) is 4. The summed E-state index contributed by atoms with van der Waals surface area (Å²) in [5.74, 6) is 1.03. The second-order valence-corrected chi connectivity index (χ2v) is 6.89. The van der Waals surface area contributed by atoms with Gasteiger partial charge in [-0.05, 0) is 43.2 Å². The van der Waals surface area contributed by atoms with Crippen molar-refractivity contribution >= 4 is 40.6 Å². The van der Waals surface area contributed by atoms with Crippen molar-refractivity contribution in [1.29, 1.82) is 0 Å². The summed E-state index contributed by atoms with van der Waals surface area (Å²) >= 11 is 7.80. The molecule has 1 aliphatic rings. The highest BCUT2D eigenvalue weighted by Gasteiger charge is 2.13. The predicted octanol–water partition coefficient (Wildman–Crippen LogP) is 3.55. The van der Waals surface area contributed by atoms with Crippen LogP contribution < -0.4 is 11.1 Å². The SMILES string of the molecule is Nc1cc(NC(=O)CCCSC2CCOCC2)ccc1Cl. The van der Waals surface area contributed by atoms with Crippen molar-refractivity contribution in [2.24, 2.45) is 0 Å². The third-order valence-electron chi connectivity index (χ3n) is 3.35. The Bertz CT molecular complexity index is 479. The number of anilines is 2. The summed E-state index contributed by atoms with van der Waals surface area (Å²) in [6, 6.07) is 5.12. The Kier molecular flexibility index (Phi) is 6.67. The molecular formula is C15H21ClN2O2S. The van der Waals surface area contributed by atoms with Crippen LogP contribution in [0.15, 0.2) is 18.2 Å². The summed E-state index contributed by atoms with van der Waals surface area (Å²) in [4.78, 5) is 11.8. The molecule has 1 fully saturated rings. The first kappa shape index (κ1) is 16.5. The minimum Gasteiger partial charge on any atom is -0.397 e. The fraction of sp³-hybridized carbons (Fsp3) is 0.533. The zero-order valence-electron chi connectivity index (χ0n) is 11.9. The smallest absolute Gasteiger partial charge is 0.224 e. The van der Waals surface area contributed by atoms with Gasteiger partial charge in [-0.3, -0.25) is 4.79 Å². The normalized spacial score (nSPS) is 15.9. The Labute approximate surface area is 134 Å². The number of amides is 1. The minimum atomic E-state index is 0.0179. The van der Waals surface area contributed by atoms with Crippen molar-refractivity contribution in [2.75, 3.05) is 30.0 Å². The van der Waals surface area contributed by atoms with Crippen LogP contribution in [0, 0.1) is 0 Å². The summed E-state index contributed by atoms with van der Waals surface area (Å²) in [6.07, 6.45) is 3.66. The highest BCUT2D eigenvalue weighted by molar-refractivity contribution is 7.99. The van der Waals surface area contributed by atoms with Gasteiger partial charge in [0.25, 0.3) is 0 Å². The predicted molar refractivity (Wildman–Crippen MR) is 90.0 cm³/mol. The first-order valence-electron chi connectivity index (χ1n) is 7.19. The van der Waals surface area contributed by atoms with Crippen molar-refractivity contribution < 1.29 is 9.53 Å². The van der Waals surface area contributed by atoms with E-state index >= 15 is 0 Å². The molecule has 0 bridgehead atoms. The number of benzene rings is 1. The first-order valence-corrected chi connectivity index (χ1v) is 8.62. The number of nitrogens with two attached hydrogens (primary N) is 1. The molecule has 1 heterocycles. The second-order valence-electron chi connectivity index (χ2n) is 5.07. The average Bonchev–Trinajstić information content (AvgIpc) is 2.49. The average molecular weight is 329 g/mol. The van der Waals surface area contributed by atoms with Gasteiger partial charge in [-0.1, -0.05) is 11.6 Å². The maximum absolute atomic E-state index is 11.8. The quantitative estimate of drug-likeness (QED) is 0.619. The number of carbonyl (C=O) groups excluding carboxylic acids is 1. The summed E-state index contributed by atoms with van der Waals surface area (Å²) < 4.78 is 5.33. The van der Waals surface area contributed by atoms with Crippen LogP contribution >= 0.6 is 23.4 Å². The van der Waals surface area contributed by atoms with Gasteiger partial charge in [-0.2, -0.15) is 11.8 Å². The van der Waals surface area contributed by atoms with E-state index in [4.69, 9.17) is 22.1 Å². The minimum absolute atomic E-state index is 0.0179. The molecule has 0 unspecified atom stereocenters. The van der Waals surface area contributed by atoms with Crippen LogP contribution in [0.25, 0.3) is 0 Å². The van der Waals surface area contributed by atoms with Gasteiger partial charge >= 0.3 is 0 Å². The fourth-order valence-corrected chi connectivity index (χ4v) is 3.46. The van der Waals surface area contributed by atoms with E-state index in [0.29, 0.717) is 28.1 Å². The third-order valence-corrected chi connectivity index (χ3v) is 5.16. The van der Waals surface area contributed by atoms with Crippen LogP contribution in [0.2, 0.25) is 5.02 Å². The lowest BCUT2D eigenvalue weighted by Gasteiger charge is -2.21. The van der Waals surface area contributed by atoms with E-state index in [9.17, 15) is 4.79 Å². The highest BCUT2D eigenvalue weighted by Crippen LogP contribution is 2.24. The van der Waals surface area contributed by atoms with E-state index in [-0.39, 0.29) is 5.91 Å². The molecule has 3 N–H and O–H groups in total. The molecule has 0 radical (unpaired) electrons. The van der Waals surface area contributed by atoms with Crippen LogP contribution in [0.4, 0.5) is 11.4 Å². The number of carbonyl (C=O) groups is 1. The van der Waals surface area contributed by atoms with Gasteiger partial charge < -0.3 is 15.8 Å². The lowest BCUT2D eigenvalue weighted by atomic mass is 10.2. The summed E-state index contributed by atoms with van der Waals surface area (Å²) in [6.45, 7) is 1.74. The van der Waals surface area contributed by atoms with Crippen molar-refractivity contribution in [3.63, 3.8) is 0 Å². The largest absolute Gasteiger partial charge is 0.397 e. The maximum Gasteiger partial charge on any atom is 0.224 e. The van der Waals surface area contributed by atoms with Crippen molar-refractivity contribution in [2.45, 2.75) is 30.9 Å². The Morgan fingerprint density at radius 1 is 1.43 bits per heavy atom. The molecule has 0 aromatic heterocycles. The van der Waals surface area contributed by atoms with Gasteiger partial charge in [0, 0.05) is 30.6 Å². The second kappa shape index (κ2) is 8.51. The van der Waals surface area contributed by atoms with Gasteiger partial charge in [-0.25, -0.2) is 0 Å². The maximum atomic E-state index is 11.8. The molecule has 21 heavy (non-hydrogen) atoms. The van der Waals surface area contributed by atoms with Crippen LogP contribution in [0.5, 0.6) is 0 Å². The number of rotatable bonds is 6. The third kappa shape index (κ3) is 5.77. The molecule has 1 saturated heterocycles. The molecule has 4 nitrogen and oxygen atoms in total. The van der Waals surface area contributed by atoms with Crippen molar-refractivity contribution in [3.05, 3.63) is 23.2 Å². The molecule has 0 atom stereocenters. The van der Waals surface area contributed by atoms with E-state index in [1.165, 1.54) is 0 Å². The zero-order chi connectivity index (χ0) is 15.1. The topological polar surface area (TPSA) is 64.3 Å². The standard InChI is InChI=1S/C15H21ClN2O2S/c16-13-4-3-11(10-14(13)17)18-15(19)2-1-9-21-12-5-7-20-8-6-12/h3-4,10,12H,1-2,5-9,17H2,(H,18,19). The number of nitrogen functional groups attached to an aromatic ring is 1. The zero-order valence-corrected chi connectivity index (χ0v) is 13.5. The Hall–Kier alpha value is -0.910. The van der Waals surface area contributed by atoms with Crippen LogP contribution in [-0.4, -0.2) is 30.1 Å². The van der Waals surface area contributed by atoms with E-state index in [1.807, 2.05) is 11.8 Å². The summed E-state index contributed by atoms with van der Waals surface area (Å²) in [5.41, 5.74) is 6.87. The number of nitrogens with one attached hydrogen (secondary N) is 1. The number of ether oxygens (including phenoxy) is 1. The van der Waals surface area contributed by atoms with Gasteiger partial charge in [0.15, 0.2) is 0 Å². The molecule has 0 saturated carbocycles. The fourth-order valence-electron chi connectivity index (χ4n) is 2.17. The van der Waals surface area contributed by atoms with E-state index in [2.05, 4.69) is 5.32 Å². The molecule has 1 amide bonds.